The van der Waals surface area contributed by atoms with Gasteiger partial charge in [0.2, 0.25) is 17.7 Å². The Bertz CT molecular complexity index is 1200. The zero-order valence-electron chi connectivity index (χ0n) is 20.1. The van der Waals surface area contributed by atoms with E-state index in [1.807, 2.05) is 6.92 Å². The number of rotatable bonds is 6. The molecule has 8 heteroatoms. The van der Waals surface area contributed by atoms with Crippen LogP contribution in [0.25, 0.3) is 0 Å². The number of hydrogen-bond acceptors (Lipinski definition) is 6. The number of anilines is 2. The SMILES string of the molecule is CCOc1ccc(N2C[C@@H](C(=O)Oc3ccc(N4C(=O)[C@H]5[C@@H]6CC[C@@H](C6)[C@@H]5C4=O)cc3)CC2=O)cc1. The van der Waals surface area contributed by atoms with Gasteiger partial charge in [-0.1, -0.05) is 0 Å². The van der Waals surface area contributed by atoms with Gasteiger partial charge < -0.3 is 14.4 Å². The third-order valence-electron chi connectivity index (χ3n) is 8.16. The van der Waals surface area contributed by atoms with Gasteiger partial charge in [-0.2, -0.15) is 0 Å². The molecule has 0 N–H and O–H groups in total. The maximum atomic E-state index is 13.0. The van der Waals surface area contributed by atoms with Crippen molar-refractivity contribution in [2.75, 3.05) is 23.0 Å². The van der Waals surface area contributed by atoms with Crippen LogP contribution in [0.3, 0.4) is 0 Å². The van der Waals surface area contributed by atoms with Crippen molar-refractivity contribution in [1.29, 1.82) is 0 Å². The molecule has 8 nitrogen and oxygen atoms in total. The molecule has 2 aliphatic carbocycles. The summed E-state index contributed by atoms with van der Waals surface area (Å²) in [7, 11) is 0. The average Bonchev–Trinajstić information content (AvgIpc) is 3.64. The van der Waals surface area contributed by atoms with Gasteiger partial charge in [0.25, 0.3) is 0 Å². The van der Waals surface area contributed by atoms with Crippen LogP contribution in [0.1, 0.15) is 32.6 Å². The minimum atomic E-state index is -0.583. The monoisotopic (exact) mass is 488 g/mol. The molecule has 3 amide bonds. The van der Waals surface area contributed by atoms with Crippen LogP contribution in [0.2, 0.25) is 0 Å². The van der Waals surface area contributed by atoms with E-state index in [0.29, 0.717) is 35.6 Å². The van der Waals surface area contributed by atoms with E-state index in [4.69, 9.17) is 9.47 Å². The van der Waals surface area contributed by atoms with Gasteiger partial charge in [0.05, 0.1) is 30.0 Å². The summed E-state index contributed by atoms with van der Waals surface area (Å²) < 4.78 is 11.0. The molecule has 2 saturated heterocycles. The highest BCUT2D eigenvalue weighted by Crippen LogP contribution is 2.56. The summed E-state index contributed by atoms with van der Waals surface area (Å²) in [5, 5.41) is 0. The predicted octanol–water partition coefficient (Wildman–Crippen LogP) is 3.58. The van der Waals surface area contributed by atoms with E-state index in [0.717, 1.165) is 25.0 Å². The summed E-state index contributed by atoms with van der Waals surface area (Å²) in [5.41, 5.74) is 1.22. The van der Waals surface area contributed by atoms with Crippen molar-refractivity contribution in [1.82, 2.24) is 0 Å². The second kappa shape index (κ2) is 8.76. The molecule has 0 radical (unpaired) electrons. The van der Waals surface area contributed by atoms with Crippen LogP contribution in [0.15, 0.2) is 48.5 Å². The number of imide groups is 1. The number of esters is 1. The molecule has 4 aliphatic rings. The Balaban J connectivity index is 1.10. The van der Waals surface area contributed by atoms with E-state index in [-0.39, 0.29) is 42.5 Å². The van der Waals surface area contributed by atoms with Crippen LogP contribution in [-0.4, -0.2) is 36.8 Å². The molecule has 2 heterocycles. The van der Waals surface area contributed by atoms with Gasteiger partial charge in [0.1, 0.15) is 11.5 Å². The average molecular weight is 489 g/mol. The normalized spacial score (nSPS) is 28.7. The van der Waals surface area contributed by atoms with E-state index >= 15 is 0 Å². The molecule has 0 aromatic heterocycles. The van der Waals surface area contributed by atoms with Crippen molar-refractivity contribution in [3.8, 4) is 11.5 Å². The number of carbonyl (C=O) groups is 4. The first kappa shape index (κ1) is 22.8. The summed E-state index contributed by atoms with van der Waals surface area (Å²) in [6.07, 6.45) is 3.14. The number of amides is 3. The van der Waals surface area contributed by atoms with Gasteiger partial charge in [-0.25, -0.2) is 0 Å². The Hall–Kier alpha value is -3.68. The van der Waals surface area contributed by atoms with Crippen LogP contribution < -0.4 is 19.3 Å². The van der Waals surface area contributed by atoms with Crippen molar-refractivity contribution >= 4 is 35.1 Å². The van der Waals surface area contributed by atoms with Crippen LogP contribution >= 0.6 is 0 Å². The topological polar surface area (TPSA) is 93.2 Å². The Morgan fingerprint density at radius 3 is 2.06 bits per heavy atom. The minimum absolute atomic E-state index is 0.0754. The van der Waals surface area contributed by atoms with Crippen molar-refractivity contribution in [3.63, 3.8) is 0 Å². The van der Waals surface area contributed by atoms with Crippen LogP contribution in [0.4, 0.5) is 11.4 Å². The second-order valence-corrected chi connectivity index (χ2v) is 10.1. The molecular formula is C28H28N2O6. The molecule has 5 atom stereocenters. The van der Waals surface area contributed by atoms with E-state index in [9.17, 15) is 19.2 Å². The van der Waals surface area contributed by atoms with E-state index in [1.165, 1.54) is 4.90 Å². The molecule has 36 heavy (non-hydrogen) atoms. The van der Waals surface area contributed by atoms with Gasteiger partial charge in [0, 0.05) is 18.7 Å². The lowest BCUT2D eigenvalue weighted by Crippen LogP contribution is -2.32. The fraction of sp³-hybridized carbons (Fsp3) is 0.429. The summed E-state index contributed by atoms with van der Waals surface area (Å²) >= 11 is 0. The molecule has 2 saturated carbocycles. The largest absolute Gasteiger partial charge is 0.494 e. The van der Waals surface area contributed by atoms with Crippen LogP contribution in [0.5, 0.6) is 11.5 Å². The number of carbonyl (C=O) groups excluding carboxylic acids is 4. The van der Waals surface area contributed by atoms with Crippen LogP contribution in [0, 0.1) is 29.6 Å². The van der Waals surface area contributed by atoms with E-state index in [2.05, 4.69) is 0 Å². The van der Waals surface area contributed by atoms with Gasteiger partial charge >= 0.3 is 5.97 Å². The number of fused-ring (bicyclic) bond motifs is 5. The zero-order chi connectivity index (χ0) is 25.0. The molecular weight excluding hydrogens is 460 g/mol. The summed E-state index contributed by atoms with van der Waals surface area (Å²) in [6, 6.07) is 13.7. The highest BCUT2D eigenvalue weighted by molar-refractivity contribution is 6.22. The maximum absolute atomic E-state index is 13.0. The zero-order valence-corrected chi connectivity index (χ0v) is 20.1. The predicted molar refractivity (Wildman–Crippen MR) is 130 cm³/mol. The molecule has 2 bridgehead atoms. The van der Waals surface area contributed by atoms with Crippen molar-refractivity contribution in [2.24, 2.45) is 29.6 Å². The van der Waals surface area contributed by atoms with E-state index < -0.39 is 11.9 Å². The van der Waals surface area contributed by atoms with Gasteiger partial charge in [-0.05, 0) is 86.6 Å². The Morgan fingerprint density at radius 2 is 1.44 bits per heavy atom. The Morgan fingerprint density at radius 1 is 0.861 bits per heavy atom. The molecule has 0 unspecified atom stereocenters. The summed E-state index contributed by atoms with van der Waals surface area (Å²) in [6.45, 7) is 2.70. The van der Waals surface area contributed by atoms with Gasteiger partial charge in [-0.15, -0.1) is 0 Å². The molecule has 2 aromatic carbocycles. The second-order valence-electron chi connectivity index (χ2n) is 10.1. The minimum Gasteiger partial charge on any atom is -0.494 e. The number of nitrogens with zero attached hydrogens (tertiary/aromatic N) is 2. The lowest BCUT2D eigenvalue weighted by Gasteiger charge is -2.19. The maximum Gasteiger partial charge on any atom is 0.316 e. The molecule has 186 valence electrons. The number of benzene rings is 2. The molecule has 2 aromatic rings. The first-order valence-electron chi connectivity index (χ1n) is 12.7. The van der Waals surface area contributed by atoms with Gasteiger partial charge in [-0.3, -0.25) is 24.1 Å². The first-order chi connectivity index (χ1) is 17.4. The lowest BCUT2D eigenvalue weighted by atomic mass is 9.81. The van der Waals surface area contributed by atoms with E-state index in [1.54, 1.807) is 53.4 Å². The van der Waals surface area contributed by atoms with Crippen LogP contribution in [-0.2, 0) is 19.2 Å². The lowest BCUT2D eigenvalue weighted by molar-refractivity contribution is -0.139. The van der Waals surface area contributed by atoms with Crippen molar-refractivity contribution in [2.45, 2.75) is 32.6 Å². The molecule has 6 rings (SSSR count). The third-order valence-corrected chi connectivity index (χ3v) is 8.16. The summed E-state index contributed by atoms with van der Waals surface area (Å²) in [4.78, 5) is 54.3. The standard InChI is InChI=1S/C28H28N2O6/c1-2-35-21-9-5-19(6-10-21)29-15-18(14-23(29)31)28(34)36-22-11-7-20(8-12-22)30-26(32)24-16-3-4-17(13-16)25(24)27(30)33/h5-12,16-18,24-25H,2-4,13-15H2,1H3/t16-,17+,18-,24-,25-/m0/s1. The fourth-order valence-electron chi connectivity index (χ4n) is 6.53. The van der Waals surface area contributed by atoms with Crippen molar-refractivity contribution in [3.05, 3.63) is 48.5 Å². The van der Waals surface area contributed by atoms with Crippen molar-refractivity contribution < 1.29 is 28.7 Å². The summed E-state index contributed by atoms with van der Waals surface area (Å²) in [5.74, 6) is -0.0434. The molecule has 0 spiro atoms. The number of ether oxygens (including phenoxy) is 2. The Labute approximate surface area is 209 Å². The molecule has 4 fully saturated rings. The first-order valence-corrected chi connectivity index (χ1v) is 12.7. The van der Waals surface area contributed by atoms with Gasteiger partial charge in [0.15, 0.2) is 0 Å². The third kappa shape index (κ3) is 3.67. The highest BCUT2D eigenvalue weighted by Gasteiger charge is 2.61. The molecule has 2 aliphatic heterocycles. The number of hydrogen-bond donors (Lipinski definition) is 0. The fourth-order valence-corrected chi connectivity index (χ4v) is 6.53. The highest BCUT2D eigenvalue weighted by atomic mass is 16.5. The smallest absolute Gasteiger partial charge is 0.316 e. The Kier molecular flexibility index (Phi) is 5.54. The quantitative estimate of drug-likeness (QED) is 0.351.